The topological polar surface area (TPSA) is 57.5 Å². The number of rotatable bonds is 9. The smallest absolute Gasteiger partial charge is 0.303 e. The maximum absolute atomic E-state index is 10.2. The molecule has 0 heterocycles. The largest absolute Gasteiger partial charge is 0.481 e. The number of carboxylic acids is 1. The summed E-state index contributed by atoms with van der Waals surface area (Å²) in [5.74, 6) is -0.824. The van der Waals surface area contributed by atoms with E-state index < -0.39 is 12.1 Å². The molecule has 0 saturated heterocycles. The summed E-state index contributed by atoms with van der Waals surface area (Å²) in [5.41, 5.74) is 0. The van der Waals surface area contributed by atoms with Crippen molar-refractivity contribution >= 4 is 5.97 Å². The summed E-state index contributed by atoms with van der Waals surface area (Å²) in [6, 6.07) is 0. The Labute approximate surface area is 86.1 Å². The predicted octanol–water partition coefficient (Wildman–Crippen LogP) is 2.57. The molecule has 3 heteroatoms. The zero-order valence-electron chi connectivity index (χ0n) is 9.04. The highest BCUT2D eigenvalue weighted by molar-refractivity contribution is 5.66. The summed E-state index contributed by atoms with van der Waals surface area (Å²) in [5, 5.41) is 17.8. The molecule has 0 bridgehead atoms. The standard InChI is InChI=1S/C11H22O3/c1-2-3-4-5-6-7-10(12)8-9-11(13)14/h10,12H,2-9H2,1H3,(H,13,14). The second-order valence-corrected chi connectivity index (χ2v) is 3.79. The highest BCUT2D eigenvalue weighted by Gasteiger charge is 2.06. The van der Waals surface area contributed by atoms with Crippen molar-refractivity contribution in [3.63, 3.8) is 0 Å². The summed E-state index contributed by atoms with van der Waals surface area (Å²) in [6.07, 6.45) is 6.66. The summed E-state index contributed by atoms with van der Waals surface area (Å²) in [7, 11) is 0. The maximum Gasteiger partial charge on any atom is 0.303 e. The molecular weight excluding hydrogens is 180 g/mol. The molecule has 0 amide bonds. The molecule has 0 aromatic rings. The van der Waals surface area contributed by atoms with Gasteiger partial charge in [-0.15, -0.1) is 0 Å². The summed E-state index contributed by atoms with van der Waals surface area (Å²) in [6.45, 7) is 2.17. The Balaban J connectivity index is 3.18. The molecule has 1 unspecified atom stereocenters. The van der Waals surface area contributed by atoms with Crippen LogP contribution in [0.5, 0.6) is 0 Å². The number of aliphatic carboxylic acids is 1. The highest BCUT2D eigenvalue weighted by atomic mass is 16.4. The van der Waals surface area contributed by atoms with Crippen molar-refractivity contribution in [3.8, 4) is 0 Å². The molecule has 0 spiro atoms. The van der Waals surface area contributed by atoms with Crippen LogP contribution >= 0.6 is 0 Å². The van der Waals surface area contributed by atoms with Gasteiger partial charge in [-0.1, -0.05) is 39.0 Å². The molecule has 0 aromatic heterocycles. The first-order valence-corrected chi connectivity index (χ1v) is 5.56. The second kappa shape index (κ2) is 9.00. The van der Waals surface area contributed by atoms with Crippen LogP contribution in [-0.4, -0.2) is 22.3 Å². The van der Waals surface area contributed by atoms with E-state index in [4.69, 9.17) is 5.11 Å². The Bertz CT molecular complexity index is 145. The molecule has 0 aliphatic carbocycles. The number of unbranched alkanes of at least 4 members (excludes halogenated alkanes) is 4. The van der Waals surface area contributed by atoms with Crippen LogP contribution in [0.3, 0.4) is 0 Å². The fourth-order valence-electron chi connectivity index (χ4n) is 1.42. The summed E-state index contributed by atoms with van der Waals surface area (Å²) >= 11 is 0. The van der Waals surface area contributed by atoms with E-state index in [2.05, 4.69) is 6.92 Å². The molecule has 14 heavy (non-hydrogen) atoms. The van der Waals surface area contributed by atoms with Crippen LogP contribution < -0.4 is 0 Å². The second-order valence-electron chi connectivity index (χ2n) is 3.79. The van der Waals surface area contributed by atoms with Gasteiger partial charge in [-0.25, -0.2) is 0 Å². The first kappa shape index (κ1) is 13.4. The number of carboxylic acid groups (broad SMARTS) is 1. The summed E-state index contributed by atoms with van der Waals surface area (Å²) in [4.78, 5) is 10.2. The van der Waals surface area contributed by atoms with E-state index in [0.29, 0.717) is 6.42 Å². The number of aliphatic hydroxyl groups is 1. The highest BCUT2D eigenvalue weighted by Crippen LogP contribution is 2.10. The van der Waals surface area contributed by atoms with Crippen molar-refractivity contribution in [2.75, 3.05) is 0 Å². The lowest BCUT2D eigenvalue weighted by Crippen LogP contribution is -2.09. The molecule has 0 aliphatic rings. The number of hydrogen-bond acceptors (Lipinski definition) is 2. The zero-order valence-corrected chi connectivity index (χ0v) is 9.04. The van der Waals surface area contributed by atoms with Gasteiger partial charge >= 0.3 is 5.97 Å². The fraction of sp³-hybridized carbons (Fsp3) is 0.909. The normalized spacial score (nSPS) is 12.7. The van der Waals surface area contributed by atoms with Crippen molar-refractivity contribution in [3.05, 3.63) is 0 Å². The van der Waals surface area contributed by atoms with Gasteiger partial charge in [-0.05, 0) is 12.8 Å². The monoisotopic (exact) mass is 202 g/mol. The van der Waals surface area contributed by atoms with E-state index in [1.807, 2.05) is 0 Å². The Hall–Kier alpha value is -0.570. The van der Waals surface area contributed by atoms with Gasteiger partial charge in [0.05, 0.1) is 6.10 Å². The van der Waals surface area contributed by atoms with E-state index in [1.165, 1.54) is 19.3 Å². The van der Waals surface area contributed by atoms with Crippen LogP contribution in [0.15, 0.2) is 0 Å². The average molecular weight is 202 g/mol. The van der Waals surface area contributed by atoms with E-state index >= 15 is 0 Å². The van der Waals surface area contributed by atoms with Gasteiger partial charge in [0.1, 0.15) is 0 Å². The van der Waals surface area contributed by atoms with Crippen LogP contribution in [0.2, 0.25) is 0 Å². The third-order valence-corrected chi connectivity index (χ3v) is 2.33. The van der Waals surface area contributed by atoms with E-state index in [9.17, 15) is 9.90 Å². The van der Waals surface area contributed by atoms with Gasteiger partial charge in [-0.3, -0.25) is 4.79 Å². The molecule has 0 fully saturated rings. The first-order valence-electron chi connectivity index (χ1n) is 5.56. The zero-order chi connectivity index (χ0) is 10.8. The van der Waals surface area contributed by atoms with E-state index in [0.717, 1.165) is 19.3 Å². The Kier molecular flexibility index (Phi) is 8.64. The van der Waals surface area contributed by atoms with Crippen LogP contribution in [-0.2, 0) is 4.79 Å². The van der Waals surface area contributed by atoms with Crippen molar-refractivity contribution < 1.29 is 15.0 Å². The lowest BCUT2D eigenvalue weighted by Gasteiger charge is -2.08. The quantitative estimate of drug-likeness (QED) is 0.565. The Morgan fingerprint density at radius 2 is 1.79 bits per heavy atom. The number of carbonyl (C=O) groups is 1. The minimum Gasteiger partial charge on any atom is -0.481 e. The van der Waals surface area contributed by atoms with E-state index in [1.54, 1.807) is 0 Å². The van der Waals surface area contributed by atoms with Crippen LogP contribution in [0.4, 0.5) is 0 Å². The molecule has 3 nitrogen and oxygen atoms in total. The van der Waals surface area contributed by atoms with Crippen molar-refractivity contribution in [2.45, 2.75) is 64.4 Å². The Morgan fingerprint density at radius 1 is 1.14 bits per heavy atom. The van der Waals surface area contributed by atoms with Crippen LogP contribution in [0.1, 0.15) is 58.3 Å². The summed E-state index contributed by atoms with van der Waals surface area (Å²) < 4.78 is 0. The van der Waals surface area contributed by atoms with Gasteiger partial charge < -0.3 is 10.2 Å². The maximum atomic E-state index is 10.2. The average Bonchev–Trinajstić information content (AvgIpc) is 2.14. The van der Waals surface area contributed by atoms with Crippen molar-refractivity contribution in [1.29, 1.82) is 0 Å². The molecule has 0 rings (SSSR count). The Morgan fingerprint density at radius 3 is 2.36 bits per heavy atom. The molecule has 0 saturated carbocycles. The third kappa shape index (κ3) is 9.52. The molecule has 0 aliphatic heterocycles. The number of aliphatic hydroxyl groups excluding tert-OH is 1. The predicted molar refractivity (Wildman–Crippen MR) is 56.3 cm³/mol. The van der Waals surface area contributed by atoms with Gasteiger partial charge in [0.2, 0.25) is 0 Å². The molecule has 2 N–H and O–H groups in total. The third-order valence-electron chi connectivity index (χ3n) is 2.33. The SMILES string of the molecule is CCCCCCCC(O)CCC(=O)O. The molecule has 84 valence electrons. The van der Waals surface area contributed by atoms with Gasteiger partial charge in [-0.2, -0.15) is 0 Å². The molecule has 0 aromatic carbocycles. The lowest BCUT2D eigenvalue weighted by atomic mass is 10.1. The fourth-order valence-corrected chi connectivity index (χ4v) is 1.42. The first-order chi connectivity index (χ1) is 6.66. The van der Waals surface area contributed by atoms with Crippen LogP contribution in [0, 0.1) is 0 Å². The van der Waals surface area contributed by atoms with Crippen molar-refractivity contribution in [1.82, 2.24) is 0 Å². The minimum atomic E-state index is -0.824. The lowest BCUT2D eigenvalue weighted by molar-refractivity contribution is -0.137. The van der Waals surface area contributed by atoms with Crippen LogP contribution in [0.25, 0.3) is 0 Å². The van der Waals surface area contributed by atoms with Crippen molar-refractivity contribution in [2.24, 2.45) is 0 Å². The van der Waals surface area contributed by atoms with Gasteiger partial charge in [0.15, 0.2) is 0 Å². The van der Waals surface area contributed by atoms with Gasteiger partial charge in [0, 0.05) is 6.42 Å². The molecule has 0 radical (unpaired) electrons. The molecular formula is C11H22O3. The molecule has 1 atom stereocenters. The number of hydrogen-bond donors (Lipinski definition) is 2. The van der Waals surface area contributed by atoms with E-state index in [-0.39, 0.29) is 6.42 Å². The minimum absolute atomic E-state index is 0.0795. The van der Waals surface area contributed by atoms with Gasteiger partial charge in [0.25, 0.3) is 0 Å².